The third-order valence-electron chi connectivity index (χ3n) is 3.66. The van der Waals surface area contributed by atoms with Gasteiger partial charge in [-0.25, -0.2) is 9.37 Å². The molecular weight excluding hydrogens is 347 g/mol. The average Bonchev–Trinajstić information content (AvgIpc) is 2.86. The Bertz CT molecular complexity index is 700. The highest BCUT2D eigenvalue weighted by Crippen LogP contribution is 2.25. The van der Waals surface area contributed by atoms with Gasteiger partial charge in [0.1, 0.15) is 24.5 Å². The molecule has 0 fully saturated rings. The van der Waals surface area contributed by atoms with Crippen LogP contribution in [0.5, 0.6) is 0 Å². The molecule has 1 N–H and O–H groups in total. The molecule has 132 valence electrons. The zero-order chi connectivity index (χ0) is 17.9. The van der Waals surface area contributed by atoms with Crippen LogP contribution in [0.15, 0.2) is 24.4 Å². The Morgan fingerprint density at radius 2 is 2.08 bits per heavy atom. The second-order valence-corrected chi connectivity index (χ2v) is 13.2. The first-order chi connectivity index (χ1) is 11.2. The van der Waals surface area contributed by atoms with Crippen LogP contribution in [0.25, 0.3) is 0 Å². The van der Waals surface area contributed by atoms with Crippen molar-refractivity contribution in [1.82, 2.24) is 9.55 Å². The summed E-state index contributed by atoms with van der Waals surface area (Å²) < 4.78 is 20.8. The summed E-state index contributed by atoms with van der Waals surface area (Å²) in [5, 5.41) is 10.6. The lowest BCUT2D eigenvalue weighted by Crippen LogP contribution is -2.22. The number of rotatable bonds is 7. The van der Waals surface area contributed by atoms with Gasteiger partial charge in [-0.05, 0) is 30.7 Å². The monoisotopic (exact) mass is 370 g/mol. The second kappa shape index (κ2) is 7.78. The van der Waals surface area contributed by atoms with Gasteiger partial charge in [-0.2, -0.15) is 0 Å². The molecular formula is C17H24ClFN2O2Si. The van der Waals surface area contributed by atoms with Crippen molar-refractivity contribution in [3.05, 3.63) is 52.3 Å². The van der Waals surface area contributed by atoms with Gasteiger partial charge >= 0.3 is 0 Å². The van der Waals surface area contributed by atoms with E-state index in [1.165, 1.54) is 18.2 Å². The third kappa shape index (κ3) is 5.14. The van der Waals surface area contributed by atoms with Crippen molar-refractivity contribution in [1.29, 1.82) is 0 Å². The molecule has 0 saturated carbocycles. The van der Waals surface area contributed by atoms with Crippen molar-refractivity contribution in [2.24, 2.45) is 0 Å². The Morgan fingerprint density at radius 3 is 2.71 bits per heavy atom. The van der Waals surface area contributed by atoms with Crippen LogP contribution in [0, 0.1) is 12.7 Å². The minimum Gasteiger partial charge on any atom is -0.380 e. The first-order valence-electron chi connectivity index (χ1n) is 7.92. The van der Waals surface area contributed by atoms with E-state index in [1.807, 2.05) is 13.1 Å². The molecule has 1 heterocycles. The standard InChI is InChI=1S/C17H24ClFN2O2Si/c1-12-10-21(11-23-7-8-24(2,3)4)17(20-12)16(22)13-5-6-15(19)14(18)9-13/h5-6,9-10,16,22H,7-8,11H2,1-4H3. The number of nitrogens with zero attached hydrogens (tertiary/aromatic N) is 2. The fourth-order valence-corrected chi connectivity index (χ4v) is 3.21. The zero-order valence-corrected chi connectivity index (χ0v) is 16.3. The van der Waals surface area contributed by atoms with E-state index in [4.69, 9.17) is 16.3 Å². The summed E-state index contributed by atoms with van der Waals surface area (Å²) in [6.45, 7) is 9.76. The average molecular weight is 371 g/mol. The molecule has 0 bridgehead atoms. The number of aliphatic hydroxyl groups is 1. The summed E-state index contributed by atoms with van der Waals surface area (Å²) in [7, 11) is -1.14. The van der Waals surface area contributed by atoms with Crippen LogP contribution in [0.4, 0.5) is 4.39 Å². The molecule has 0 aliphatic rings. The number of aryl methyl sites for hydroxylation is 1. The number of imidazole rings is 1. The van der Waals surface area contributed by atoms with Crippen LogP contribution in [-0.2, 0) is 11.5 Å². The van der Waals surface area contributed by atoms with Crippen LogP contribution in [0.3, 0.4) is 0 Å². The van der Waals surface area contributed by atoms with Gasteiger partial charge in [-0.15, -0.1) is 0 Å². The number of aliphatic hydroxyl groups excluding tert-OH is 1. The Balaban J connectivity index is 2.11. The van der Waals surface area contributed by atoms with E-state index in [0.29, 0.717) is 24.7 Å². The fraction of sp³-hybridized carbons (Fsp3) is 0.471. The number of halogens is 2. The Morgan fingerprint density at radius 1 is 1.38 bits per heavy atom. The minimum atomic E-state index is -1.14. The maximum absolute atomic E-state index is 13.3. The summed E-state index contributed by atoms with van der Waals surface area (Å²) in [6, 6.07) is 5.24. The maximum Gasteiger partial charge on any atom is 0.144 e. The van der Waals surface area contributed by atoms with Gasteiger partial charge in [0.2, 0.25) is 0 Å². The Hall–Kier alpha value is -1.21. The van der Waals surface area contributed by atoms with Crippen LogP contribution in [0.2, 0.25) is 30.7 Å². The highest BCUT2D eigenvalue weighted by atomic mass is 35.5. The lowest BCUT2D eigenvalue weighted by Gasteiger charge is -2.17. The summed E-state index contributed by atoms with van der Waals surface area (Å²) in [4.78, 5) is 4.37. The molecule has 0 amide bonds. The van der Waals surface area contributed by atoms with Crippen molar-refractivity contribution in [2.45, 2.75) is 45.4 Å². The number of aromatic nitrogens is 2. The number of hydrogen-bond acceptors (Lipinski definition) is 3. The first-order valence-corrected chi connectivity index (χ1v) is 12.0. The van der Waals surface area contributed by atoms with Gasteiger partial charge in [-0.1, -0.05) is 37.3 Å². The summed E-state index contributed by atoms with van der Waals surface area (Å²) in [6.07, 6.45) is 0.843. The molecule has 2 aromatic rings. The molecule has 1 aromatic heterocycles. The van der Waals surface area contributed by atoms with Crippen LogP contribution >= 0.6 is 11.6 Å². The number of ether oxygens (including phenoxy) is 1. The van der Waals surface area contributed by atoms with Gasteiger partial charge < -0.3 is 14.4 Å². The van der Waals surface area contributed by atoms with Crippen molar-refractivity contribution in [2.75, 3.05) is 6.61 Å². The van der Waals surface area contributed by atoms with Crippen LogP contribution < -0.4 is 0 Å². The number of benzene rings is 1. The maximum atomic E-state index is 13.3. The largest absolute Gasteiger partial charge is 0.380 e. The van der Waals surface area contributed by atoms with Crippen molar-refractivity contribution >= 4 is 19.7 Å². The molecule has 2 rings (SSSR count). The van der Waals surface area contributed by atoms with Crippen LogP contribution in [-0.4, -0.2) is 29.3 Å². The van der Waals surface area contributed by atoms with Gasteiger partial charge in [0.15, 0.2) is 0 Å². The van der Waals surface area contributed by atoms with E-state index in [-0.39, 0.29) is 5.02 Å². The topological polar surface area (TPSA) is 47.3 Å². The van der Waals surface area contributed by atoms with Crippen molar-refractivity contribution in [3.8, 4) is 0 Å². The molecule has 0 aliphatic carbocycles. The van der Waals surface area contributed by atoms with Gasteiger partial charge in [0.05, 0.1) is 10.7 Å². The van der Waals surface area contributed by atoms with Crippen molar-refractivity contribution < 1.29 is 14.2 Å². The molecule has 7 heteroatoms. The normalized spacial score (nSPS) is 13.3. The summed E-state index contributed by atoms with van der Waals surface area (Å²) in [5.74, 6) is -0.0509. The quantitative estimate of drug-likeness (QED) is 0.581. The smallest absolute Gasteiger partial charge is 0.144 e. The molecule has 0 spiro atoms. The van der Waals surface area contributed by atoms with Gasteiger partial charge in [0, 0.05) is 20.9 Å². The first kappa shape index (κ1) is 19.1. The zero-order valence-electron chi connectivity index (χ0n) is 14.5. The Kier molecular flexibility index (Phi) is 6.20. The van der Waals surface area contributed by atoms with E-state index in [1.54, 1.807) is 4.57 Å². The predicted octanol–water partition coefficient (Wildman–Crippen LogP) is 4.38. The van der Waals surface area contributed by atoms with Crippen molar-refractivity contribution in [3.63, 3.8) is 0 Å². The van der Waals surface area contributed by atoms with E-state index in [9.17, 15) is 9.50 Å². The van der Waals surface area contributed by atoms with E-state index in [2.05, 4.69) is 24.6 Å². The molecule has 1 aromatic carbocycles. The van der Waals surface area contributed by atoms with E-state index in [0.717, 1.165) is 11.7 Å². The summed E-state index contributed by atoms with van der Waals surface area (Å²) in [5.41, 5.74) is 1.28. The fourth-order valence-electron chi connectivity index (χ4n) is 2.26. The molecule has 0 saturated heterocycles. The molecule has 4 nitrogen and oxygen atoms in total. The SMILES string of the molecule is Cc1cn(COCC[Si](C)(C)C)c(C(O)c2ccc(F)c(Cl)c2)n1. The predicted molar refractivity (Wildman–Crippen MR) is 96.5 cm³/mol. The molecule has 1 atom stereocenters. The molecule has 0 aliphatic heterocycles. The lowest BCUT2D eigenvalue weighted by molar-refractivity contribution is 0.0786. The van der Waals surface area contributed by atoms with E-state index < -0.39 is 20.0 Å². The van der Waals surface area contributed by atoms with Gasteiger partial charge in [0.25, 0.3) is 0 Å². The van der Waals surface area contributed by atoms with E-state index >= 15 is 0 Å². The second-order valence-electron chi connectivity index (χ2n) is 7.13. The molecule has 0 radical (unpaired) electrons. The summed E-state index contributed by atoms with van der Waals surface area (Å²) >= 11 is 5.80. The molecule has 1 unspecified atom stereocenters. The molecule has 24 heavy (non-hydrogen) atoms. The minimum absolute atomic E-state index is 0.0206. The highest BCUT2D eigenvalue weighted by Gasteiger charge is 2.19. The van der Waals surface area contributed by atoms with Crippen LogP contribution in [0.1, 0.15) is 23.2 Å². The Labute approximate surface area is 148 Å². The highest BCUT2D eigenvalue weighted by molar-refractivity contribution is 6.76. The number of hydrogen-bond donors (Lipinski definition) is 1. The van der Waals surface area contributed by atoms with Gasteiger partial charge in [-0.3, -0.25) is 0 Å². The lowest BCUT2D eigenvalue weighted by atomic mass is 10.1. The third-order valence-corrected chi connectivity index (χ3v) is 5.65.